The second kappa shape index (κ2) is 5.56. The number of H-pyrrole nitrogens is 1. The van der Waals surface area contributed by atoms with Crippen LogP contribution in [-0.4, -0.2) is 17.0 Å². The van der Waals surface area contributed by atoms with Crippen molar-refractivity contribution in [1.29, 1.82) is 0 Å². The van der Waals surface area contributed by atoms with Crippen LogP contribution in [0.1, 0.15) is 0 Å². The summed E-state index contributed by atoms with van der Waals surface area (Å²) in [7, 11) is 0. The first-order valence-corrected chi connectivity index (χ1v) is 7.98. The minimum Gasteiger partial charge on any atom is -0.454 e. The second-order valence-corrected chi connectivity index (χ2v) is 5.76. The molecule has 0 radical (unpaired) electrons. The average molecular weight is 330 g/mol. The van der Waals surface area contributed by atoms with E-state index in [2.05, 4.69) is 10.2 Å². The summed E-state index contributed by atoms with van der Waals surface area (Å²) in [5, 5.41) is 7.43. The molecule has 0 fully saturated rings. The maximum Gasteiger partial charge on any atom is 0.231 e. The number of rotatable bonds is 3. The van der Waals surface area contributed by atoms with E-state index < -0.39 is 0 Å². The Labute approximate surface area is 143 Å². The van der Waals surface area contributed by atoms with Crippen molar-refractivity contribution >= 4 is 0 Å². The van der Waals surface area contributed by atoms with Crippen LogP contribution in [0.2, 0.25) is 0 Å². The first-order valence-electron chi connectivity index (χ1n) is 7.98. The van der Waals surface area contributed by atoms with Gasteiger partial charge in [-0.1, -0.05) is 30.3 Å². The summed E-state index contributed by atoms with van der Waals surface area (Å²) in [6.45, 7) is 0.263. The molecule has 2 aromatic heterocycles. The fourth-order valence-electron chi connectivity index (χ4n) is 2.89. The van der Waals surface area contributed by atoms with Gasteiger partial charge in [0.15, 0.2) is 17.3 Å². The molecule has 0 unspecified atom stereocenters. The molecule has 5 heteroatoms. The molecule has 25 heavy (non-hydrogen) atoms. The Morgan fingerprint density at radius 1 is 0.760 bits per heavy atom. The minimum absolute atomic E-state index is 0.263. The molecule has 2 aromatic carbocycles. The van der Waals surface area contributed by atoms with Crippen LogP contribution >= 0.6 is 0 Å². The van der Waals surface area contributed by atoms with E-state index in [1.807, 2.05) is 66.7 Å². The lowest BCUT2D eigenvalue weighted by Gasteiger charge is -1.98. The maximum absolute atomic E-state index is 5.96. The highest BCUT2D eigenvalue weighted by Crippen LogP contribution is 2.36. The van der Waals surface area contributed by atoms with E-state index in [1.54, 1.807) is 0 Å². The summed E-state index contributed by atoms with van der Waals surface area (Å²) in [5.74, 6) is 3.08. The number of fused-ring (bicyclic) bond motifs is 1. The van der Waals surface area contributed by atoms with E-state index in [0.717, 1.165) is 45.5 Å². The molecule has 122 valence electrons. The van der Waals surface area contributed by atoms with Crippen LogP contribution < -0.4 is 9.47 Å². The molecule has 3 heterocycles. The first kappa shape index (κ1) is 13.9. The number of benzene rings is 2. The number of ether oxygens (including phenoxy) is 2. The molecule has 0 amide bonds. The predicted octanol–water partition coefficient (Wildman–Crippen LogP) is 4.73. The van der Waals surface area contributed by atoms with Gasteiger partial charge in [-0.25, -0.2) is 0 Å². The van der Waals surface area contributed by atoms with Crippen LogP contribution in [0.15, 0.2) is 71.1 Å². The maximum atomic E-state index is 5.96. The second-order valence-electron chi connectivity index (χ2n) is 5.76. The largest absolute Gasteiger partial charge is 0.454 e. The van der Waals surface area contributed by atoms with E-state index in [1.165, 1.54) is 0 Å². The number of hydrogen-bond donors (Lipinski definition) is 1. The number of aromatic amines is 1. The van der Waals surface area contributed by atoms with Crippen molar-refractivity contribution in [3.8, 4) is 45.5 Å². The smallest absolute Gasteiger partial charge is 0.231 e. The standard InChI is InChI=1S/C20H14N2O3/c1-2-4-13(5-3-1)17-8-9-18(25-17)16-11-15(21-22-16)14-6-7-19-20(10-14)24-12-23-19/h1-11H,12H2,(H,21,22). The lowest BCUT2D eigenvalue weighted by molar-refractivity contribution is 0.174. The van der Waals surface area contributed by atoms with Gasteiger partial charge in [0.1, 0.15) is 11.5 Å². The van der Waals surface area contributed by atoms with Crippen LogP contribution in [0.5, 0.6) is 11.5 Å². The fraction of sp³-hybridized carbons (Fsp3) is 0.0500. The van der Waals surface area contributed by atoms with Gasteiger partial charge in [0, 0.05) is 11.1 Å². The summed E-state index contributed by atoms with van der Waals surface area (Å²) >= 11 is 0. The van der Waals surface area contributed by atoms with Crippen molar-refractivity contribution in [2.75, 3.05) is 6.79 Å². The molecule has 1 N–H and O–H groups in total. The highest BCUT2D eigenvalue weighted by molar-refractivity contribution is 5.70. The first-order chi connectivity index (χ1) is 12.4. The molecule has 0 atom stereocenters. The average Bonchev–Trinajstić information content (AvgIpc) is 3.40. The summed E-state index contributed by atoms with van der Waals surface area (Å²) in [6, 6.07) is 21.7. The molecule has 0 saturated carbocycles. The lowest BCUT2D eigenvalue weighted by Crippen LogP contribution is -1.92. The van der Waals surface area contributed by atoms with Gasteiger partial charge in [-0.15, -0.1) is 0 Å². The molecule has 4 aromatic rings. The summed E-state index contributed by atoms with van der Waals surface area (Å²) in [4.78, 5) is 0. The van der Waals surface area contributed by atoms with Gasteiger partial charge in [0.05, 0.1) is 5.69 Å². The lowest BCUT2D eigenvalue weighted by atomic mass is 10.1. The van der Waals surface area contributed by atoms with Gasteiger partial charge in [-0.3, -0.25) is 5.10 Å². The monoisotopic (exact) mass is 330 g/mol. The minimum atomic E-state index is 0.263. The fourth-order valence-corrected chi connectivity index (χ4v) is 2.89. The van der Waals surface area contributed by atoms with Crippen LogP contribution in [0.4, 0.5) is 0 Å². The molecule has 0 bridgehead atoms. The zero-order valence-corrected chi connectivity index (χ0v) is 13.2. The van der Waals surface area contributed by atoms with E-state index in [9.17, 15) is 0 Å². The molecule has 5 rings (SSSR count). The van der Waals surface area contributed by atoms with Crippen molar-refractivity contribution < 1.29 is 13.9 Å². The topological polar surface area (TPSA) is 60.3 Å². The van der Waals surface area contributed by atoms with Crippen molar-refractivity contribution in [3.63, 3.8) is 0 Å². The van der Waals surface area contributed by atoms with E-state index in [4.69, 9.17) is 13.9 Å². The molecule has 0 saturated heterocycles. The zero-order chi connectivity index (χ0) is 16.6. The van der Waals surface area contributed by atoms with Gasteiger partial charge in [-0.05, 0) is 36.4 Å². The molecule has 0 aliphatic carbocycles. The van der Waals surface area contributed by atoms with Crippen molar-refractivity contribution in [3.05, 3.63) is 66.7 Å². The molecule has 5 nitrogen and oxygen atoms in total. The summed E-state index contributed by atoms with van der Waals surface area (Å²) < 4.78 is 16.7. The quantitative estimate of drug-likeness (QED) is 0.590. The van der Waals surface area contributed by atoms with E-state index >= 15 is 0 Å². The van der Waals surface area contributed by atoms with Gasteiger partial charge in [0.25, 0.3) is 0 Å². The van der Waals surface area contributed by atoms with Crippen molar-refractivity contribution in [2.24, 2.45) is 0 Å². The number of nitrogens with one attached hydrogen (secondary N) is 1. The Bertz CT molecular complexity index is 1030. The Morgan fingerprint density at radius 3 is 2.52 bits per heavy atom. The Morgan fingerprint density at radius 2 is 1.60 bits per heavy atom. The normalized spacial score (nSPS) is 12.5. The highest BCUT2D eigenvalue weighted by Gasteiger charge is 2.16. The number of hydrogen-bond acceptors (Lipinski definition) is 4. The number of nitrogens with zero attached hydrogens (tertiary/aromatic N) is 1. The molecular formula is C20H14N2O3. The molecular weight excluding hydrogens is 316 g/mol. The van der Waals surface area contributed by atoms with Crippen LogP contribution in [-0.2, 0) is 0 Å². The number of aromatic nitrogens is 2. The molecule has 0 spiro atoms. The SMILES string of the molecule is c1ccc(-c2ccc(-c3cc(-c4ccc5c(c4)OCO5)n[nH]3)o2)cc1. The van der Waals surface area contributed by atoms with Crippen molar-refractivity contribution in [1.82, 2.24) is 10.2 Å². The predicted molar refractivity (Wildman–Crippen MR) is 93.3 cm³/mol. The van der Waals surface area contributed by atoms with Gasteiger partial charge >= 0.3 is 0 Å². The third kappa shape index (κ3) is 2.46. The Balaban J connectivity index is 1.46. The third-order valence-corrected chi connectivity index (χ3v) is 4.18. The van der Waals surface area contributed by atoms with Crippen LogP contribution in [0, 0.1) is 0 Å². The van der Waals surface area contributed by atoms with E-state index in [-0.39, 0.29) is 6.79 Å². The van der Waals surface area contributed by atoms with Gasteiger partial charge < -0.3 is 13.9 Å². The highest BCUT2D eigenvalue weighted by atomic mass is 16.7. The Kier molecular flexibility index (Phi) is 3.10. The van der Waals surface area contributed by atoms with Crippen LogP contribution in [0.3, 0.4) is 0 Å². The third-order valence-electron chi connectivity index (χ3n) is 4.18. The molecule has 1 aliphatic heterocycles. The Hall–Kier alpha value is -3.47. The summed E-state index contributed by atoms with van der Waals surface area (Å²) in [5.41, 5.74) is 3.66. The van der Waals surface area contributed by atoms with Crippen LogP contribution in [0.25, 0.3) is 34.0 Å². The number of furan rings is 1. The van der Waals surface area contributed by atoms with Gasteiger partial charge in [0.2, 0.25) is 6.79 Å². The van der Waals surface area contributed by atoms with E-state index in [0.29, 0.717) is 0 Å². The summed E-state index contributed by atoms with van der Waals surface area (Å²) in [6.07, 6.45) is 0. The van der Waals surface area contributed by atoms with Gasteiger partial charge in [-0.2, -0.15) is 5.10 Å². The molecule has 1 aliphatic rings. The zero-order valence-electron chi connectivity index (χ0n) is 13.2. The van der Waals surface area contributed by atoms with Crippen molar-refractivity contribution in [2.45, 2.75) is 0 Å².